The number of carbonyl (C=O) groups is 2. The summed E-state index contributed by atoms with van der Waals surface area (Å²) in [6.07, 6.45) is 2.39. The van der Waals surface area contributed by atoms with E-state index >= 15 is 0 Å². The molecular formula is C16H20ClNO4. The third kappa shape index (κ3) is 6.28. The molecule has 0 aliphatic carbocycles. The second-order valence-corrected chi connectivity index (χ2v) is 4.98. The summed E-state index contributed by atoms with van der Waals surface area (Å²) >= 11 is 5.86. The first kappa shape index (κ1) is 18.2. The van der Waals surface area contributed by atoms with Crippen LogP contribution in [0.2, 0.25) is 5.02 Å². The van der Waals surface area contributed by atoms with Gasteiger partial charge in [-0.25, -0.2) is 4.79 Å². The lowest BCUT2D eigenvalue weighted by Crippen LogP contribution is -2.40. The highest BCUT2D eigenvalue weighted by Gasteiger charge is 2.21. The standard InChI is InChI=1S/C16H20ClNO4/c1-3-22-16(20)15(18-14(8-9-19)11-21-2)10-12-4-6-13(17)7-5-12/h4-9,15,18H,3,10-11H2,1-2H3/b14-8+. The lowest BCUT2D eigenvalue weighted by atomic mass is 10.1. The van der Waals surface area contributed by atoms with Crippen LogP contribution in [0.15, 0.2) is 36.0 Å². The molecule has 0 aliphatic rings. The normalized spacial score (nSPS) is 12.6. The van der Waals surface area contributed by atoms with Crippen LogP contribution in [0.4, 0.5) is 0 Å². The average Bonchev–Trinajstić information content (AvgIpc) is 2.49. The summed E-state index contributed by atoms with van der Waals surface area (Å²) in [5.41, 5.74) is 1.45. The quantitative estimate of drug-likeness (QED) is 0.428. The number of nitrogens with one attached hydrogen (secondary N) is 1. The van der Waals surface area contributed by atoms with E-state index in [0.717, 1.165) is 5.56 Å². The third-order valence-corrected chi connectivity index (χ3v) is 3.10. The molecule has 22 heavy (non-hydrogen) atoms. The van der Waals surface area contributed by atoms with E-state index in [4.69, 9.17) is 21.1 Å². The van der Waals surface area contributed by atoms with Crippen LogP contribution in [0.5, 0.6) is 0 Å². The molecule has 0 aromatic heterocycles. The fourth-order valence-electron chi connectivity index (χ4n) is 1.89. The molecule has 0 spiro atoms. The lowest BCUT2D eigenvalue weighted by Gasteiger charge is -2.20. The zero-order chi connectivity index (χ0) is 16.4. The van der Waals surface area contributed by atoms with E-state index in [0.29, 0.717) is 23.4 Å². The van der Waals surface area contributed by atoms with Gasteiger partial charge in [0.1, 0.15) is 12.3 Å². The fourth-order valence-corrected chi connectivity index (χ4v) is 2.02. The number of hydrogen-bond donors (Lipinski definition) is 1. The van der Waals surface area contributed by atoms with E-state index in [1.807, 2.05) is 12.1 Å². The molecule has 1 aromatic carbocycles. The molecule has 0 heterocycles. The molecule has 1 unspecified atom stereocenters. The van der Waals surface area contributed by atoms with Crippen molar-refractivity contribution >= 4 is 23.9 Å². The second-order valence-electron chi connectivity index (χ2n) is 4.54. The summed E-state index contributed by atoms with van der Waals surface area (Å²) in [7, 11) is 1.51. The second kappa shape index (κ2) is 9.97. The van der Waals surface area contributed by atoms with E-state index in [1.54, 1.807) is 19.1 Å². The topological polar surface area (TPSA) is 64.6 Å². The summed E-state index contributed by atoms with van der Waals surface area (Å²) in [5, 5.41) is 3.63. The highest BCUT2D eigenvalue weighted by atomic mass is 35.5. The van der Waals surface area contributed by atoms with Crippen LogP contribution >= 0.6 is 11.6 Å². The van der Waals surface area contributed by atoms with Gasteiger partial charge in [0.15, 0.2) is 0 Å². The predicted molar refractivity (Wildman–Crippen MR) is 84.7 cm³/mol. The maximum Gasteiger partial charge on any atom is 0.328 e. The Balaban J connectivity index is 2.87. The minimum Gasteiger partial charge on any atom is -0.464 e. The summed E-state index contributed by atoms with van der Waals surface area (Å²) in [6, 6.07) is 6.60. The van der Waals surface area contributed by atoms with Crippen molar-refractivity contribution in [2.75, 3.05) is 20.3 Å². The van der Waals surface area contributed by atoms with E-state index in [2.05, 4.69) is 5.32 Å². The molecular weight excluding hydrogens is 306 g/mol. The Morgan fingerprint density at radius 2 is 2.05 bits per heavy atom. The molecule has 0 bridgehead atoms. The molecule has 0 amide bonds. The van der Waals surface area contributed by atoms with Crippen molar-refractivity contribution in [3.63, 3.8) is 0 Å². The van der Waals surface area contributed by atoms with Gasteiger partial charge in [-0.15, -0.1) is 0 Å². The molecule has 120 valence electrons. The number of aldehydes is 1. The maximum absolute atomic E-state index is 12.1. The van der Waals surface area contributed by atoms with E-state index in [9.17, 15) is 9.59 Å². The van der Waals surface area contributed by atoms with Crippen LogP contribution in [-0.4, -0.2) is 38.6 Å². The Kier molecular flexibility index (Phi) is 8.25. The van der Waals surface area contributed by atoms with Crippen LogP contribution in [0.25, 0.3) is 0 Å². The molecule has 0 fully saturated rings. The number of allylic oxidation sites excluding steroid dienone is 1. The van der Waals surface area contributed by atoms with Gasteiger partial charge in [-0.3, -0.25) is 4.79 Å². The number of methoxy groups -OCH3 is 1. The summed E-state index contributed by atoms with van der Waals surface area (Å²) in [5.74, 6) is -0.384. The first-order valence-electron chi connectivity index (χ1n) is 6.91. The number of halogens is 1. The van der Waals surface area contributed by atoms with Crippen LogP contribution in [0.1, 0.15) is 12.5 Å². The van der Waals surface area contributed by atoms with Crippen molar-refractivity contribution in [1.29, 1.82) is 0 Å². The molecule has 5 nitrogen and oxygen atoms in total. The Morgan fingerprint density at radius 3 is 2.59 bits per heavy atom. The monoisotopic (exact) mass is 325 g/mol. The Morgan fingerprint density at radius 1 is 1.36 bits per heavy atom. The number of esters is 1. The molecule has 1 rings (SSSR count). The smallest absolute Gasteiger partial charge is 0.328 e. The minimum atomic E-state index is -0.609. The van der Waals surface area contributed by atoms with E-state index in [-0.39, 0.29) is 19.2 Å². The lowest BCUT2D eigenvalue weighted by molar-refractivity contribution is -0.145. The van der Waals surface area contributed by atoms with Crippen LogP contribution in [0, 0.1) is 0 Å². The summed E-state index contributed by atoms with van der Waals surface area (Å²) in [4.78, 5) is 22.8. The predicted octanol–water partition coefficient (Wildman–Crippen LogP) is 2.13. The van der Waals surface area contributed by atoms with Gasteiger partial charge in [0.2, 0.25) is 0 Å². The maximum atomic E-state index is 12.1. The minimum absolute atomic E-state index is 0.204. The Bertz CT molecular complexity index is 513. The number of hydrogen-bond acceptors (Lipinski definition) is 5. The SMILES string of the molecule is CCOC(=O)C(Cc1ccc(Cl)cc1)N/C(=C/C=O)COC. The van der Waals surface area contributed by atoms with Gasteiger partial charge < -0.3 is 14.8 Å². The van der Waals surface area contributed by atoms with Gasteiger partial charge in [0.05, 0.1) is 13.2 Å². The van der Waals surface area contributed by atoms with Gasteiger partial charge in [0, 0.05) is 24.3 Å². The summed E-state index contributed by atoms with van der Waals surface area (Å²) in [6.45, 7) is 2.23. The number of carbonyl (C=O) groups excluding carboxylic acids is 2. The van der Waals surface area contributed by atoms with Gasteiger partial charge in [0.25, 0.3) is 0 Å². The van der Waals surface area contributed by atoms with Crippen molar-refractivity contribution < 1.29 is 19.1 Å². The molecule has 1 aromatic rings. The highest BCUT2D eigenvalue weighted by Crippen LogP contribution is 2.12. The van der Waals surface area contributed by atoms with Crippen molar-refractivity contribution in [2.45, 2.75) is 19.4 Å². The van der Waals surface area contributed by atoms with Crippen molar-refractivity contribution in [1.82, 2.24) is 5.32 Å². The fraction of sp³-hybridized carbons (Fsp3) is 0.375. The number of rotatable bonds is 9. The van der Waals surface area contributed by atoms with Crippen LogP contribution < -0.4 is 5.32 Å². The van der Waals surface area contributed by atoms with Gasteiger partial charge >= 0.3 is 5.97 Å². The molecule has 1 N–H and O–H groups in total. The van der Waals surface area contributed by atoms with E-state index in [1.165, 1.54) is 13.2 Å². The molecule has 0 saturated carbocycles. The average molecular weight is 326 g/mol. The van der Waals surface area contributed by atoms with E-state index < -0.39 is 6.04 Å². The molecule has 6 heteroatoms. The van der Waals surface area contributed by atoms with Crippen molar-refractivity contribution in [2.24, 2.45) is 0 Å². The zero-order valence-electron chi connectivity index (χ0n) is 12.7. The van der Waals surface area contributed by atoms with Crippen molar-refractivity contribution in [3.8, 4) is 0 Å². The van der Waals surface area contributed by atoms with Gasteiger partial charge in [-0.2, -0.15) is 0 Å². The van der Waals surface area contributed by atoms with Crippen LogP contribution in [0.3, 0.4) is 0 Å². The summed E-state index contributed by atoms with van der Waals surface area (Å²) < 4.78 is 10.1. The molecule has 0 aliphatic heterocycles. The molecule has 0 saturated heterocycles. The van der Waals surface area contributed by atoms with Gasteiger partial charge in [-0.1, -0.05) is 23.7 Å². The Labute approximate surface area is 135 Å². The number of ether oxygens (including phenoxy) is 2. The zero-order valence-corrected chi connectivity index (χ0v) is 13.4. The Hall–Kier alpha value is -1.85. The van der Waals surface area contributed by atoms with Gasteiger partial charge in [-0.05, 0) is 30.7 Å². The first-order valence-corrected chi connectivity index (χ1v) is 7.29. The third-order valence-electron chi connectivity index (χ3n) is 2.85. The molecule has 0 radical (unpaired) electrons. The first-order chi connectivity index (χ1) is 10.6. The highest BCUT2D eigenvalue weighted by molar-refractivity contribution is 6.30. The number of benzene rings is 1. The molecule has 1 atom stereocenters. The van der Waals surface area contributed by atoms with Crippen molar-refractivity contribution in [3.05, 3.63) is 46.6 Å². The largest absolute Gasteiger partial charge is 0.464 e. The van der Waals surface area contributed by atoms with Crippen LogP contribution in [-0.2, 0) is 25.5 Å².